The lowest BCUT2D eigenvalue weighted by atomic mass is 10.0. The molecule has 0 aromatic heterocycles. The predicted octanol–water partition coefficient (Wildman–Crippen LogP) is -1.09. The summed E-state index contributed by atoms with van der Waals surface area (Å²) in [4.78, 5) is 21.8. The molecule has 0 aromatic rings. The minimum Gasteiger partial charge on any atom is -0.458 e. The van der Waals surface area contributed by atoms with E-state index in [0.717, 1.165) is 0 Å². The second kappa shape index (κ2) is 3.02. The number of hydrogen-bond acceptors (Lipinski definition) is 4. The van der Waals surface area contributed by atoms with Crippen LogP contribution in [0.2, 0.25) is 0 Å². The number of rotatable bonds is 2. The topological polar surface area (TPSA) is 89.6 Å². The zero-order chi connectivity index (χ0) is 9.35. The van der Waals surface area contributed by atoms with Crippen LogP contribution in [-0.4, -0.2) is 34.0 Å². The van der Waals surface area contributed by atoms with Gasteiger partial charge in [0.1, 0.15) is 6.10 Å². The number of carbonyl (C=O) groups excluding carboxylic acids is 2. The molecule has 1 aliphatic rings. The molecule has 1 fully saturated rings. The van der Waals surface area contributed by atoms with Crippen LogP contribution < -0.4 is 5.73 Å². The molecule has 0 aromatic carbocycles. The van der Waals surface area contributed by atoms with Gasteiger partial charge in [0.15, 0.2) is 0 Å². The number of halogens is 1. The van der Waals surface area contributed by atoms with Crippen LogP contribution in [0.1, 0.15) is 6.42 Å². The Bertz CT molecular complexity index is 232. The van der Waals surface area contributed by atoms with Crippen molar-refractivity contribution < 1.29 is 19.4 Å². The third kappa shape index (κ3) is 1.32. The van der Waals surface area contributed by atoms with E-state index in [4.69, 9.17) is 10.8 Å². The quantitative estimate of drug-likeness (QED) is 0.363. The van der Waals surface area contributed by atoms with Gasteiger partial charge in [0.2, 0.25) is 10.2 Å². The highest BCUT2D eigenvalue weighted by atomic mass is 79.9. The standard InChI is InChI=1S/C6H8BrNO4/c7-6(4(8)10)1-3(2-9)12-5(6)11/h3,9H,1-2H2,(H2,8,10). The fourth-order valence-corrected chi connectivity index (χ4v) is 1.44. The summed E-state index contributed by atoms with van der Waals surface area (Å²) in [5.74, 6) is -1.52. The molecule has 0 aliphatic carbocycles. The van der Waals surface area contributed by atoms with Crippen molar-refractivity contribution in [2.24, 2.45) is 5.73 Å². The number of hydrogen-bond donors (Lipinski definition) is 2. The molecule has 2 unspecified atom stereocenters. The van der Waals surface area contributed by atoms with Crippen LogP contribution in [0.15, 0.2) is 0 Å². The largest absolute Gasteiger partial charge is 0.458 e. The minimum atomic E-state index is -1.44. The maximum absolute atomic E-state index is 11.0. The zero-order valence-electron chi connectivity index (χ0n) is 6.12. The number of aliphatic hydroxyl groups excluding tert-OH is 1. The van der Waals surface area contributed by atoms with Crippen molar-refractivity contribution in [1.82, 2.24) is 0 Å². The van der Waals surface area contributed by atoms with E-state index in [2.05, 4.69) is 20.7 Å². The van der Waals surface area contributed by atoms with E-state index >= 15 is 0 Å². The van der Waals surface area contributed by atoms with Crippen molar-refractivity contribution in [2.45, 2.75) is 16.8 Å². The van der Waals surface area contributed by atoms with Crippen LogP contribution in [0.3, 0.4) is 0 Å². The Labute approximate surface area is 77.0 Å². The van der Waals surface area contributed by atoms with Gasteiger partial charge in [0, 0.05) is 6.42 Å². The lowest BCUT2D eigenvalue weighted by Gasteiger charge is -2.10. The minimum absolute atomic E-state index is 0.0810. The number of esters is 1. The predicted molar refractivity (Wildman–Crippen MR) is 42.4 cm³/mol. The highest BCUT2D eigenvalue weighted by molar-refractivity contribution is 9.10. The van der Waals surface area contributed by atoms with Crippen LogP contribution >= 0.6 is 15.9 Å². The molecule has 1 saturated heterocycles. The first kappa shape index (κ1) is 9.47. The normalized spacial score (nSPS) is 34.8. The third-order valence-corrected chi connectivity index (χ3v) is 2.74. The highest BCUT2D eigenvalue weighted by Crippen LogP contribution is 2.33. The van der Waals surface area contributed by atoms with Crippen molar-refractivity contribution in [2.75, 3.05) is 6.61 Å². The Kier molecular flexibility index (Phi) is 2.39. The first-order chi connectivity index (χ1) is 5.50. The number of nitrogens with two attached hydrogens (primary N) is 1. The van der Waals surface area contributed by atoms with Gasteiger partial charge in [-0.05, 0) is 0 Å². The van der Waals surface area contributed by atoms with Crippen molar-refractivity contribution in [3.63, 3.8) is 0 Å². The van der Waals surface area contributed by atoms with Gasteiger partial charge >= 0.3 is 5.97 Å². The van der Waals surface area contributed by atoms with Gasteiger partial charge in [-0.1, -0.05) is 15.9 Å². The SMILES string of the molecule is NC(=O)C1(Br)CC(CO)OC1=O. The van der Waals surface area contributed by atoms with Gasteiger partial charge in [-0.3, -0.25) is 4.79 Å². The lowest BCUT2D eigenvalue weighted by molar-refractivity contribution is -0.146. The van der Waals surface area contributed by atoms with Crippen LogP contribution in [-0.2, 0) is 14.3 Å². The third-order valence-electron chi connectivity index (χ3n) is 1.70. The van der Waals surface area contributed by atoms with Crippen molar-refractivity contribution in [1.29, 1.82) is 0 Å². The zero-order valence-corrected chi connectivity index (χ0v) is 7.70. The van der Waals surface area contributed by atoms with Crippen molar-refractivity contribution >= 4 is 27.8 Å². The molecule has 2 atom stereocenters. The smallest absolute Gasteiger partial charge is 0.333 e. The molecular weight excluding hydrogens is 230 g/mol. The summed E-state index contributed by atoms with van der Waals surface area (Å²) in [6.45, 7) is -0.299. The van der Waals surface area contributed by atoms with E-state index in [-0.39, 0.29) is 13.0 Å². The second-order valence-electron chi connectivity index (χ2n) is 2.58. The van der Waals surface area contributed by atoms with Gasteiger partial charge in [0.25, 0.3) is 0 Å². The van der Waals surface area contributed by atoms with E-state index in [1.807, 2.05) is 0 Å². The second-order valence-corrected chi connectivity index (χ2v) is 3.93. The molecule has 6 heteroatoms. The molecule has 3 N–H and O–H groups in total. The first-order valence-corrected chi connectivity index (χ1v) is 4.11. The summed E-state index contributed by atoms with van der Waals surface area (Å²) >= 11 is 2.90. The Balaban J connectivity index is 2.81. The monoisotopic (exact) mass is 237 g/mol. The Morgan fingerprint density at radius 1 is 1.92 bits per heavy atom. The molecule has 1 heterocycles. The molecule has 1 aliphatic heterocycles. The van der Waals surface area contributed by atoms with Crippen LogP contribution in [0.25, 0.3) is 0 Å². The molecule has 0 spiro atoms. The van der Waals surface area contributed by atoms with Crippen LogP contribution in [0.5, 0.6) is 0 Å². The summed E-state index contributed by atoms with van der Waals surface area (Å²) in [6, 6.07) is 0. The van der Waals surface area contributed by atoms with Gasteiger partial charge in [0.05, 0.1) is 6.61 Å². The Hall–Kier alpha value is -0.620. The molecule has 1 amide bonds. The van der Waals surface area contributed by atoms with Gasteiger partial charge < -0.3 is 15.6 Å². The van der Waals surface area contributed by atoms with Gasteiger partial charge in [-0.25, -0.2) is 4.79 Å². The molecule has 0 bridgehead atoms. The van der Waals surface area contributed by atoms with E-state index in [1.165, 1.54) is 0 Å². The number of alkyl halides is 1. The fourth-order valence-electron chi connectivity index (χ4n) is 0.987. The van der Waals surface area contributed by atoms with Crippen LogP contribution in [0.4, 0.5) is 0 Å². The van der Waals surface area contributed by atoms with E-state index in [1.54, 1.807) is 0 Å². The molecule has 68 valence electrons. The maximum Gasteiger partial charge on any atom is 0.333 e. The number of primary amides is 1. The number of cyclic esters (lactones) is 1. The first-order valence-electron chi connectivity index (χ1n) is 3.31. The molecule has 0 saturated carbocycles. The van der Waals surface area contributed by atoms with E-state index in [0.29, 0.717) is 0 Å². The summed E-state index contributed by atoms with van der Waals surface area (Å²) in [7, 11) is 0. The van der Waals surface area contributed by atoms with E-state index < -0.39 is 22.3 Å². The Morgan fingerprint density at radius 3 is 2.75 bits per heavy atom. The molecular formula is C6H8BrNO4. The van der Waals surface area contributed by atoms with Crippen molar-refractivity contribution in [3.05, 3.63) is 0 Å². The van der Waals surface area contributed by atoms with Crippen molar-refractivity contribution in [3.8, 4) is 0 Å². The molecule has 5 nitrogen and oxygen atoms in total. The average molecular weight is 238 g/mol. The summed E-state index contributed by atoms with van der Waals surface area (Å²) in [5.41, 5.74) is 4.97. The Morgan fingerprint density at radius 2 is 2.50 bits per heavy atom. The molecule has 1 rings (SSSR count). The van der Waals surface area contributed by atoms with Gasteiger partial charge in [-0.2, -0.15) is 0 Å². The summed E-state index contributed by atoms with van der Waals surface area (Å²) in [6.07, 6.45) is -0.554. The fraction of sp³-hybridized carbons (Fsp3) is 0.667. The summed E-state index contributed by atoms with van der Waals surface area (Å²) in [5, 5.41) is 8.65. The molecule has 0 radical (unpaired) electrons. The molecule has 12 heavy (non-hydrogen) atoms. The number of ether oxygens (including phenoxy) is 1. The maximum atomic E-state index is 11.0. The number of carbonyl (C=O) groups is 2. The number of aliphatic hydroxyl groups is 1. The van der Waals surface area contributed by atoms with Crippen LogP contribution in [0, 0.1) is 0 Å². The summed E-state index contributed by atoms with van der Waals surface area (Å²) < 4.78 is 3.21. The lowest BCUT2D eigenvalue weighted by Crippen LogP contribution is -2.42. The number of amides is 1. The highest BCUT2D eigenvalue weighted by Gasteiger charge is 2.51. The average Bonchev–Trinajstić information content (AvgIpc) is 2.29. The van der Waals surface area contributed by atoms with E-state index in [9.17, 15) is 9.59 Å². The van der Waals surface area contributed by atoms with Gasteiger partial charge in [-0.15, -0.1) is 0 Å².